The summed E-state index contributed by atoms with van der Waals surface area (Å²) in [5.74, 6) is 0.188. The predicted molar refractivity (Wildman–Crippen MR) is 116 cm³/mol. The lowest BCUT2D eigenvalue weighted by Gasteiger charge is -2.28. The van der Waals surface area contributed by atoms with E-state index in [-0.39, 0.29) is 6.03 Å². The maximum Gasteiger partial charge on any atom is 0.338 e. The molecular formula is C22H22Cl2N2O4. The van der Waals surface area contributed by atoms with E-state index in [2.05, 4.69) is 10.6 Å². The molecule has 30 heavy (non-hydrogen) atoms. The van der Waals surface area contributed by atoms with E-state index in [4.69, 9.17) is 32.7 Å². The van der Waals surface area contributed by atoms with E-state index in [0.717, 1.165) is 11.1 Å². The molecule has 0 fully saturated rings. The number of nitrogens with one attached hydrogen (secondary N) is 2. The van der Waals surface area contributed by atoms with Gasteiger partial charge in [-0.05, 0) is 48.7 Å². The van der Waals surface area contributed by atoms with Gasteiger partial charge in [0.2, 0.25) is 0 Å². The molecule has 1 aliphatic rings. The second-order valence-electron chi connectivity index (χ2n) is 6.81. The fourth-order valence-corrected chi connectivity index (χ4v) is 3.36. The quantitative estimate of drug-likeness (QED) is 0.573. The van der Waals surface area contributed by atoms with Gasteiger partial charge in [-0.3, -0.25) is 0 Å². The third-order valence-corrected chi connectivity index (χ3v) is 5.27. The summed E-state index contributed by atoms with van der Waals surface area (Å²) in [5.41, 5.74) is 2.49. The second-order valence-corrected chi connectivity index (χ2v) is 7.63. The Morgan fingerprint density at radius 3 is 2.50 bits per heavy atom. The summed E-state index contributed by atoms with van der Waals surface area (Å²) in [6, 6.07) is 11.5. The molecule has 2 aromatic carbocycles. The van der Waals surface area contributed by atoms with E-state index in [1.807, 2.05) is 13.0 Å². The minimum Gasteiger partial charge on any atom is -0.489 e. The molecule has 2 N–H and O–H groups in total. The van der Waals surface area contributed by atoms with Crippen LogP contribution in [0.1, 0.15) is 37.4 Å². The molecule has 3 rings (SSSR count). The molecule has 0 saturated carbocycles. The van der Waals surface area contributed by atoms with Gasteiger partial charge in [0.05, 0.1) is 28.3 Å². The van der Waals surface area contributed by atoms with Crippen molar-refractivity contribution in [1.82, 2.24) is 10.6 Å². The number of ether oxygens (including phenoxy) is 2. The Labute approximate surface area is 185 Å². The molecule has 8 heteroatoms. The first-order valence-corrected chi connectivity index (χ1v) is 10.3. The van der Waals surface area contributed by atoms with Crippen LogP contribution in [0.15, 0.2) is 53.7 Å². The first kappa shape index (κ1) is 22.0. The molecule has 0 saturated heterocycles. The zero-order valence-electron chi connectivity index (χ0n) is 16.6. The number of hydrogen-bond acceptors (Lipinski definition) is 4. The number of benzene rings is 2. The van der Waals surface area contributed by atoms with Crippen LogP contribution in [0.2, 0.25) is 10.0 Å². The number of hydrogen-bond donors (Lipinski definition) is 2. The molecule has 1 heterocycles. The van der Waals surface area contributed by atoms with Gasteiger partial charge in [-0.25, -0.2) is 9.59 Å². The standard InChI is InChI=1S/C22H22Cl2N2O4/c1-3-10-29-21(27)19-13(2)25-22(28)26-20(19)15-5-7-16(8-6-15)30-12-14-4-9-17(23)18(24)11-14/h4-9,11,20H,3,10,12H2,1-2H3,(H2,25,26,28). The van der Waals surface area contributed by atoms with Gasteiger partial charge in [-0.1, -0.05) is 48.3 Å². The Morgan fingerprint density at radius 1 is 1.10 bits per heavy atom. The minimum atomic E-state index is -0.604. The van der Waals surface area contributed by atoms with E-state index < -0.39 is 12.0 Å². The molecule has 0 radical (unpaired) electrons. The molecule has 1 unspecified atom stereocenters. The lowest BCUT2D eigenvalue weighted by atomic mass is 9.95. The topological polar surface area (TPSA) is 76.7 Å². The average molecular weight is 449 g/mol. The van der Waals surface area contributed by atoms with Gasteiger partial charge in [0.25, 0.3) is 0 Å². The molecule has 1 atom stereocenters. The highest BCUT2D eigenvalue weighted by Gasteiger charge is 2.32. The van der Waals surface area contributed by atoms with Crippen LogP contribution >= 0.6 is 23.2 Å². The maximum absolute atomic E-state index is 12.5. The Bertz CT molecular complexity index is 974. The summed E-state index contributed by atoms with van der Waals surface area (Å²) in [5, 5.41) is 6.37. The zero-order valence-corrected chi connectivity index (χ0v) is 18.1. The number of urea groups is 1. The third-order valence-electron chi connectivity index (χ3n) is 4.53. The van der Waals surface area contributed by atoms with Gasteiger partial charge in [0, 0.05) is 5.70 Å². The van der Waals surface area contributed by atoms with Crippen LogP contribution in [-0.2, 0) is 16.1 Å². The summed E-state index contributed by atoms with van der Waals surface area (Å²) < 4.78 is 11.1. The Kier molecular flexibility index (Phi) is 7.24. The van der Waals surface area contributed by atoms with Crippen LogP contribution in [0, 0.1) is 0 Å². The molecule has 0 bridgehead atoms. The maximum atomic E-state index is 12.5. The first-order valence-electron chi connectivity index (χ1n) is 9.51. The third kappa shape index (κ3) is 5.26. The van der Waals surface area contributed by atoms with Gasteiger partial charge in [-0.2, -0.15) is 0 Å². The predicted octanol–water partition coefficient (Wildman–Crippen LogP) is 5.15. The normalized spacial score (nSPS) is 16.0. The van der Waals surface area contributed by atoms with Crippen molar-refractivity contribution in [1.29, 1.82) is 0 Å². The fraction of sp³-hybridized carbons (Fsp3) is 0.273. The van der Waals surface area contributed by atoms with Crippen LogP contribution in [0.25, 0.3) is 0 Å². The highest BCUT2D eigenvalue weighted by molar-refractivity contribution is 6.42. The van der Waals surface area contributed by atoms with Crippen molar-refractivity contribution in [2.45, 2.75) is 32.9 Å². The van der Waals surface area contributed by atoms with Crippen molar-refractivity contribution in [2.24, 2.45) is 0 Å². The van der Waals surface area contributed by atoms with Gasteiger partial charge in [0.1, 0.15) is 12.4 Å². The van der Waals surface area contributed by atoms with Crippen LogP contribution in [0.3, 0.4) is 0 Å². The highest BCUT2D eigenvalue weighted by Crippen LogP contribution is 2.29. The molecule has 1 aliphatic heterocycles. The summed E-state index contributed by atoms with van der Waals surface area (Å²) in [6.07, 6.45) is 0.716. The molecule has 6 nitrogen and oxygen atoms in total. The molecule has 0 spiro atoms. The van der Waals surface area contributed by atoms with Crippen molar-refractivity contribution in [3.05, 3.63) is 74.9 Å². The van der Waals surface area contributed by atoms with Gasteiger partial charge < -0.3 is 20.1 Å². The fourth-order valence-electron chi connectivity index (χ4n) is 3.04. The SMILES string of the molecule is CCCOC(=O)C1=C(C)NC(=O)NC1c1ccc(OCc2ccc(Cl)c(Cl)c2)cc1. The van der Waals surface area contributed by atoms with Gasteiger partial charge in [-0.15, -0.1) is 0 Å². The van der Waals surface area contributed by atoms with Crippen molar-refractivity contribution < 1.29 is 19.1 Å². The number of carbonyl (C=O) groups excluding carboxylic acids is 2. The van der Waals surface area contributed by atoms with E-state index in [1.54, 1.807) is 43.3 Å². The number of amides is 2. The van der Waals surface area contributed by atoms with E-state index in [1.165, 1.54) is 0 Å². The van der Waals surface area contributed by atoms with E-state index in [9.17, 15) is 9.59 Å². The summed E-state index contributed by atoms with van der Waals surface area (Å²) in [4.78, 5) is 24.5. The van der Waals surface area contributed by atoms with Crippen molar-refractivity contribution in [3.8, 4) is 5.75 Å². The second kappa shape index (κ2) is 9.87. The number of allylic oxidation sites excluding steroid dienone is 1. The van der Waals surface area contributed by atoms with Crippen molar-refractivity contribution in [3.63, 3.8) is 0 Å². The number of esters is 1. The van der Waals surface area contributed by atoms with Crippen LogP contribution < -0.4 is 15.4 Å². The zero-order chi connectivity index (χ0) is 21.7. The Balaban J connectivity index is 1.74. The number of rotatable bonds is 7. The summed E-state index contributed by atoms with van der Waals surface area (Å²) in [7, 11) is 0. The molecular weight excluding hydrogens is 427 g/mol. The summed E-state index contributed by atoms with van der Waals surface area (Å²) >= 11 is 12.0. The van der Waals surface area contributed by atoms with E-state index >= 15 is 0 Å². The lowest BCUT2D eigenvalue weighted by molar-refractivity contribution is -0.139. The van der Waals surface area contributed by atoms with Gasteiger partial charge in [0.15, 0.2) is 0 Å². The highest BCUT2D eigenvalue weighted by atomic mass is 35.5. The molecule has 2 amide bonds. The van der Waals surface area contributed by atoms with Crippen molar-refractivity contribution in [2.75, 3.05) is 6.61 Å². The van der Waals surface area contributed by atoms with Crippen LogP contribution in [0.4, 0.5) is 4.79 Å². The van der Waals surface area contributed by atoms with Crippen molar-refractivity contribution >= 4 is 35.2 Å². The lowest BCUT2D eigenvalue weighted by Crippen LogP contribution is -2.45. The first-order chi connectivity index (χ1) is 14.4. The van der Waals surface area contributed by atoms with E-state index in [0.29, 0.717) is 46.7 Å². The monoisotopic (exact) mass is 448 g/mol. The smallest absolute Gasteiger partial charge is 0.338 e. The largest absolute Gasteiger partial charge is 0.489 e. The summed E-state index contributed by atoms with van der Waals surface area (Å²) in [6.45, 7) is 4.25. The van der Waals surface area contributed by atoms with Gasteiger partial charge >= 0.3 is 12.0 Å². The minimum absolute atomic E-state index is 0.317. The number of halogens is 2. The Hall–Kier alpha value is -2.70. The molecule has 0 aromatic heterocycles. The van der Waals surface area contributed by atoms with Crippen LogP contribution in [0.5, 0.6) is 5.75 Å². The molecule has 158 valence electrons. The average Bonchev–Trinajstić information content (AvgIpc) is 2.72. The Morgan fingerprint density at radius 2 is 1.83 bits per heavy atom. The van der Waals surface area contributed by atoms with Crippen LogP contribution in [-0.4, -0.2) is 18.6 Å². The molecule has 2 aromatic rings. The molecule has 0 aliphatic carbocycles. The number of carbonyl (C=O) groups is 2.